The zero-order chi connectivity index (χ0) is 13.6. The standard InChI is InChI=1S/C4H11NO4P.Na.H3O4P/c5-3-1-2-4(6)10(7,8)9;;1-5(2,3)4/h6H,1-3,5H2,(H2,7,8,9);;(H3,1,2,3,4). The maximum Gasteiger partial charge on any atom is 0.466 e. The summed E-state index contributed by atoms with van der Waals surface area (Å²) < 4.78 is 17.7. The van der Waals surface area contributed by atoms with Gasteiger partial charge in [-0.15, -0.1) is 0 Å². The average molecular weight is 289 g/mol. The van der Waals surface area contributed by atoms with Crippen LogP contribution in [0.1, 0.15) is 12.8 Å². The maximum atomic E-state index is 10.6. The summed E-state index contributed by atoms with van der Waals surface area (Å²) in [5.41, 5.74) is 5.13. The van der Waals surface area contributed by atoms with Crippen LogP contribution >= 0.6 is 15.4 Å². The first-order chi connectivity index (χ1) is 6.81. The summed E-state index contributed by atoms with van der Waals surface area (Å²) in [4.78, 5) is 38.8. The molecule has 0 aliphatic rings. The van der Waals surface area contributed by atoms with E-state index in [0.717, 1.165) is 0 Å². The van der Waals surface area contributed by atoms with Crippen LogP contribution in [0.3, 0.4) is 0 Å². The van der Waals surface area contributed by atoms with Crippen molar-refractivity contribution < 1.29 is 38.7 Å². The Balaban J connectivity index is 0. The van der Waals surface area contributed by atoms with Gasteiger partial charge in [0.25, 0.3) is 0 Å². The van der Waals surface area contributed by atoms with Gasteiger partial charge in [0.1, 0.15) is 0 Å². The normalized spacial score (nSPS) is 16.1. The SMILES string of the molecule is NCCC[C](O)([Na])P(=O)(O)O.O=P(O)(O)O. The van der Waals surface area contributed by atoms with E-state index in [2.05, 4.69) is 0 Å². The fraction of sp³-hybridized carbons (Fsp3) is 1.00. The first-order valence-corrected chi connectivity index (χ1v) is 8.25. The van der Waals surface area contributed by atoms with Gasteiger partial charge in [0.2, 0.25) is 0 Å². The fourth-order valence-electron chi connectivity index (χ4n) is 0.583. The summed E-state index contributed by atoms with van der Waals surface area (Å²) in [7, 11) is -8.98. The summed E-state index contributed by atoms with van der Waals surface area (Å²) in [5.74, 6) is 0. The van der Waals surface area contributed by atoms with Crippen LogP contribution in [0.5, 0.6) is 0 Å². The second kappa shape index (κ2) is 7.58. The third-order valence-corrected chi connectivity index (χ3v) is 5.21. The molecule has 0 bridgehead atoms. The average Bonchev–Trinajstić information content (AvgIpc) is 1.95. The molecule has 0 rings (SSSR count). The van der Waals surface area contributed by atoms with E-state index in [1.165, 1.54) is 0 Å². The number of aliphatic hydroxyl groups is 1. The van der Waals surface area contributed by atoms with E-state index in [-0.39, 0.29) is 34.4 Å². The third-order valence-electron chi connectivity index (χ3n) is 1.48. The van der Waals surface area contributed by atoms with Gasteiger partial charge in [-0.2, -0.15) is 0 Å². The Morgan fingerprint density at radius 3 is 1.62 bits per heavy atom. The molecule has 1 atom stereocenters. The van der Waals surface area contributed by atoms with Crippen molar-refractivity contribution in [1.82, 2.24) is 0 Å². The summed E-state index contributed by atoms with van der Waals surface area (Å²) >= 11 is 0.0583. The molecule has 1 unspecified atom stereocenters. The van der Waals surface area contributed by atoms with Crippen LogP contribution in [-0.4, -0.2) is 66.6 Å². The quantitative estimate of drug-likeness (QED) is 0.223. The van der Waals surface area contributed by atoms with Crippen LogP contribution in [0.2, 0.25) is 0 Å². The molecular formula is C4H14NNaO8P2. The van der Waals surface area contributed by atoms with Crippen LogP contribution in [0.4, 0.5) is 0 Å². The molecule has 0 aromatic rings. The van der Waals surface area contributed by atoms with Crippen LogP contribution in [0.25, 0.3) is 0 Å². The molecule has 0 spiro atoms. The molecule has 0 aliphatic carbocycles. The second-order valence-electron chi connectivity index (χ2n) is 3.17. The van der Waals surface area contributed by atoms with Gasteiger partial charge in [-0.3, -0.25) is 0 Å². The summed E-state index contributed by atoms with van der Waals surface area (Å²) in [6, 6.07) is 0. The minimum Gasteiger partial charge on any atom is -0.303 e. The van der Waals surface area contributed by atoms with Crippen molar-refractivity contribution in [3.63, 3.8) is 0 Å². The van der Waals surface area contributed by atoms with Gasteiger partial charge in [0, 0.05) is 0 Å². The van der Waals surface area contributed by atoms with Crippen molar-refractivity contribution in [3.8, 4) is 0 Å². The molecule has 8 N–H and O–H groups in total. The van der Waals surface area contributed by atoms with E-state index in [1.807, 2.05) is 0 Å². The Labute approximate surface area is 109 Å². The van der Waals surface area contributed by atoms with Gasteiger partial charge in [0.15, 0.2) is 0 Å². The van der Waals surface area contributed by atoms with E-state index in [4.69, 9.17) is 34.8 Å². The summed E-state index contributed by atoms with van der Waals surface area (Å²) in [5, 5.41) is 9.23. The van der Waals surface area contributed by atoms with E-state index in [0.29, 0.717) is 13.0 Å². The molecule has 0 saturated heterocycles. The Morgan fingerprint density at radius 1 is 1.12 bits per heavy atom. The first kappa shape index (κ1) is 19.5. The minimum atomic E-state index is -4.64. The largest absolute Gasteiger partial charge is 0.466 e. The van der Waals surface area contributed by atoms with E-state index >= 15 is 0 Å². The van der Waals surface area contributed by atoms with Crippen molar-refractivity contribution in [2.45, 2.75) is 15.4 Å². The number of phosphoric acid groups is 1. The van der Waals surface area contributed by atoms with Crippen molar-refractivity contribution in [3.05, 3.63) is 0 Å². The monoisotopic (exact) mass is 289 g/mol. The Kier molecular flexibility index (Phi) is 9.25. The van der Waals surface area contributed by atoms with E-state index in [1.54, 1.807) is 0 Å². The zero-order valence-electron chi connectivity index (χ0n) is 8.59. The molecule has 0 heterocycles. The molecule has 0 aromatic heterocycles. The zero-order valence-corrected chi connectivity index (χ0v) is 12.4. The molecule has 0 saturated carbocycles. The molecule has 12 heteroatoms. The van der Waals surface area contributed by atoms with Crippen molar-refractivity contribution in [2.75, 3.05) is 6.54 Å². The van der Waals surface area contributed by atoms with Crippen LogP contribution in [-0.2, 0) is 9.13 Å². The van der Waals surface area contributed by atoms with Gasteiger partial charge in [-0.05, 0) is 0 Å². The first-order valence-electron chi connectivity index (χ1n) is 4.07. The number of rotatable bonds is 4. The van der Waals surface area contributed by atoms with Crippen LogP contribution in [0, 0.1) is 0 Å². The van der Waals surface area contributed by atoms with Crippen molar-refractivity contribution in [2.24, 2.45) is 5.73 Å². The second-order valence-corrected chi connectivity index (χ2v) is 8.74. The molecule has 0 aromatic carbocycles. The molecular weight excluding hydrogens is 275 g/mol. The summed E-state index contributed by atoms with van der Waals surface area (Å²) in [6.45, 7) is 0.338. The molecule has 9 nitrogen and oxygen atoms in total. The third kappa shape index (κ3) is 13.2. The topological polar surface area (TPSA) is 182 Å². The molecule has 0 fully saturated rings. The Hall–Kier alpha value is 1.18. The van der Waals surface area contributed by atoms with Gasteiger partial charge >= 0.3 is 90.5 Å². The number of nitrogens with two attached hydrogens (primary N) is 1. The predicted molar refractivity (Wildman–Crippen MR) is 55.3 cm³/mol. The van der Waals surface area contributed by atoms with Crippen molar-refractivity contribution in [1.29, 1.82) is 0 Å². The van der Waals surface area contributed by atoms with E-state index in [9.17, 15) is 9.67 Å². The van der Waals surface area contributed by atoms with Crippen molar-refractivity contribution >= 4 is 43.3 Å². The molecule has 0 amide bonds. The number of hydrogen-bond acceptors (Lipinski definition) is 4. The minimum absolute atomic E-state index is 0.0583. The summed E-state index contributed by atoms with van der Waals surface area (Å²) in [6.07, 6.45) is 0.519. The maximum absolute atomic E-state index is 10.6. The van der Waals surface area contributed by atoms with Gasteiger partial charge in [-0.25, -0.2) is 4.57 Å². The Morgan fingerprint density at radius 2 is 1.44 bits per heavy atom. The Bertz CT molecular complexity index is 275. The van der Waals surface area contributed by atoms with Gasteiger partial charge in [0.05, 0.1) is 0 Å². The smallest absolute Gasteiger partial charge is 0.303 e. The molecule has 16 heavy (non-hydrogen) atoms. The van der Waals surface area contributed by atoms with Gasteiger partial charge < -0.3 is 14.7 Å². The molecule has 94 valence electrons. The fourth-order valence-corrected chi connectivity index (χ4v) is 1.39. The molecule has 0 aliphatic heterocycles. The predicted octanol–water partition coefficient (Wildman–Crippen LogP) is -2.21. The molecule has 0 radical (unpaired) electrons. The van der Waals surface area contributed by atoms with Crippen LogP contribution < -0.4 is 5.73 Å². The number of hydrogen-bond donors (Lipinski definition) is 7. The van der Waals surface area contributed by atoms with Gasteiger partial charge in [-0.1, -0.05) is 0 Å². The van der Waals surface area contributed by atoms with E-state index < -0.39 is 18.0 Å². The van der Waals surface area contributed by atoms with Crippen LogP contribution in [0.15, 0.2) is 0 Å².